The molecule has 4 nitrogen and oxygen atoms in total. The number of anilines is 1. The molecule has 5 heteroatoms. The van der Waals surface area contributed by atoms with Crippen molar-refractivity contribution in [3.8, 4) is 6.07 Å². The van der Waals surface area contributed by atoms with E-state index in [-0.39, 0.29) is 6.03 Å². The average molecular weight is 252 g/mol. The monoisotopic (exact) mass is 251 g/mol. The van der Waals surface area contributed by atoms with Crippen molar-refractivity contribution in [2.24, 2.45) is 0 Å². The molecule has 1 N–H and O–H groups in total. The number of carbonyl (C=O) groups excluding carboxylic acids is 1. The lowest BCUT2D eigenvalue weighted by Crippen LogP contribution is -2.35. The summed E-state index contributed by atoms with van der Waals surface area (Å²) in [5, 5.41) is 11.7. The third kappa shape index (κ3) is 3.97. The number of carbonyl (C=O) groups is 1. The van der Waals surface area contributed by atoms with Gasteiger partial charge in [0.2, 0.25) is 0 Å². The van der Waals surface area contributed by atoms with Crippen LogP contribution in [-0.4, -0.2) is 24.0 Å². The topological polar surface area (TPSA) is 56.1 Å². The molecule has 0 spiro atoms. The Hall–Kier alpha value is -1.73. The molecule has 90 valence electrons. The zero-order valence-corrected chi connectivity index (χ0v) is 10.4. The second-order valence-corrected chi connectivity index (χ2v) is 3.80. The Kier molecular flexibility index (Phi) is 5.31. The molecular formula is C12H14ClN3O. The molecule has 0 aliphatic heterocycles. The zero-order chi connectivity index (χ0) is 12.7. The summed E-state index contributed by atoms with van der Waals surface area (Å²) in [7, 11) is 0. The standard InChI is InChI=1S/C12H14ClN3O/c1-2-16(9-5-8-14)12(17)15-11-7-4-3-6-10(11)13/h3-4,6-7H,2,5,9H2,1H3,(H,15,17). The number of para-hydroxylation sites is 1. The smallest absolute Gasteiger partial charge is 0.321 e. The van der Waals surface area contributed by atoms with Crippen LogP contribution in [0.3, 0.4) is 0 Å². The van der Waals surface area contributed by atoms with Gasteiger partial charge in [0.25, 0.3) is 0 Å². The lowest BCUT2D eigenvalue weighted by molar-refractivity contribution is 0.215. The maximum Gasteiger partial charge on any atom is 0.321 e. The number of hydrogen-bond acceptors (Lipinski definition) is 2. The Bertz CT molecular complexity index is 428. The van der Waals surface area contributed by atoms with E-state index in [9.17, 15) is 4.79 Å². The highest BCUT2D eigenvalue weighted by Gasteiger charge is 2.12. The SMILES string of the molecule is CCN(CCC#N)C(=O)Nc1ccccc1Cl. The van der Waals surface area contributed by atoms with E-state index in [1.54, 1.807) is 29.2 Å². The molecule has 0 saturated carbocycles. The van der Waals surface area contributed by atoms with Gasteiger partial charge in [0.05, 0.1) is 23.2 Å². The lowest BCUT2D eigenvalue weighted by atomic mass is 10.3. The van der Waals surface area contributed by atoms with E-state index in [1.807, 2.05) is 13.0 Å². The van der Waals surface area contributed by atoms with Crippen LogP contribution in [0.4, 0.5) is 10.5 Å². The minimum Gasteiger partial charge on any atom is -0.324 e. The predicted molar refractivity (Wildman–Crippen MR) is 67.9 cm³/mol. The Morgan fingerprint density at radius 2 is 2.24 bits per heavy atom. The van der Waals surface area contributed by atoms with Crippen LogP contribution < -0.4 is 5.32 Å². The van der Waals surface area contributed by atoms with Crippen molar-refractivity contribution in [2.75, 3.05) is 18.4 Å². The summed E-state index contributed by atoms with van der Waals surface area (Å²) in [6.45, 7) is 2.84. The highest BCUT2D eigenvalue weighted by Crippen LogP contribution is 2.20. The van der Waals surface area contributed by atoms with Crippen molar-refractivity contribution in [2.45, 2.75) is 13.3 Å². The number of rotatable bonds is 4. The Morgan fingerprint density at radius 3 is 2.82 bits per heavy atom. The summed E-state index contributed by atoms with van der Waals surface area (Å²) >= 11 is 5.93. The lowest BCUT2D eigenvalue weighted by Gasteiger charge is -2.20. The summed E-state index contributed by atoms with van der Waals surface area (Å²) in [4.78, 5) is 13.4. The zero-order valence-electron chi connectivity index (χ0n) is 9.61. The average Bonchev–Trinajstić information content (AvgIpc) is 2.33. The van der Waals surface area contributed by atoms with Gasteiger partial charge >= 0.3 is 6.03 Å². The summed E-state index contributed by atoms with van der Waals surface area (Å²) in [6.07, 6.45) is 0.323. The molecule has 0 unspecified atom stereocenters. The highest BCUT2D eigenvalue weighted by atomic mass is 35.5. The molecule has 0 atom stereocenters. The van der Waals surface area contributed by atoms with Crippen LogP contribution in [0.15, 0.2) is 24.3 Å². The van der Waals surface area contributed by atoms with Crippen LogP contribution in [0.5, 0.6) is 0 Å². The van der Waals surface area contributed by atoms with Gasteiger partial charge in [-0.25, -0.2) is 4.79 Å². The van der Waals surface area contributed by atoms with E-state index in [2.05, 4.69) is 5.32 Å². The summed E-state index contributed by atoms with van der Waals surface area (Å²) in [6, 6.07) is 8.82. The third-order valence-electron chi connectivity index (χ3n) is 2.28. The second-order valence-electron chi connectivity index (χ2n) is 3.40. The van der Waals surface area contributed by atoms with E-state index in [4.69, 9.17) is 16.9 Å². The molecule has 0 fully saturated rings. The molecular weight excluding hydrogens is 238 g/mol. The van der Waals surface area contributed by atoms with Crippen LogP contribution in [-0.2, 0) is 0 Å². The molecule has 0 aliphatic carbocycles. The molecule has 0 saturated heterocycles. The Labute approximate surface area is 106 Å². The van der Waals surface area contributed by atoms with Gasteiger partial charge in [-0.15, -0.1) is 0 Å². The van der Waals surface area contributed by atoms with Crippen molar-refractivity contribution in [3.05, 3.63) is 29.3 Å². The van der Waals surface area contributed by atoms with Crippen molar-refractivity contribution >= 4 is 23.3 Å². The van der Waals surface area contributed by atoms with Gasteiger partial charge in [-0.3, -0.25) is 0 Å². The summed E-state index contributed by atoms with van der Waals surface area (Å²) in [5.74, 6) is 0. The number of amides is 2. The first-order valence-electron chi connectivity index (χ1n) is 5.36. The first-order chi connectivity index (χ1) is 8.19. The second kappa shape index (κ2) is 6.77. The summed E-state index contributed by atoms with van der Waals surface area (Å²) in [5.41, 5.74) is 0.578. The normalized spacial score (nSPS) is 9.47. The molecule has 2 amide bonds. The molecule has 0 aromatic heterocycles. The van der Waals surface area contributed by atoms with Gasteiger partial charge in [0.1, 0.15) is 0 Å². The molecule has 0 bridgehead atoms. The van der Waals surface area contributed by atoms with E-state index in [1.165, 1.54) is 0 Å². The minimum absolute atomic E-state index is 0.240. The molecule has 17 heavy (non-hydrogen) atoms. The highest BCUT2D eigenvalue weighted by molar-refractivity contribution is 6.33. The van der Waals surface area contributed by atoms with Crippen molar-refractivity contribution in [3.63, 3.8) is 0 Å². The number of urea groups is 1. The fraction of sp³-hybridized carbons (Fsp3) is 0.333. The van der Waals surface area contributed by atoms with E-state index < -0.39 is 0 Å². The van der Waals surface area contributed by atoms with Gasteiger partial charge in [0.15, 0.2) is 0 Å². The van der Waals surface area contributed by atoms with Crippen LogP contribution in [0, 0.1) is 11.3 Å². The fourth-order valence-electron chi connectivity index (χ4n) is 1.35. The van der Waals surface area contributed by atoms with Crippen LogP contribution in [0.1, 0.15) is 13.3 Å². The molecule has 0 aliphatic rings. The first-order valence-corrected chi connectivity index (χ1v) is 5.74. The maximum atomic E-state index is 11.8. The molecule has 0 heterocycles. The van der Waals surface area contributed by atoms with Crippen molar-refractivity contribution in [1.82, 2.24) is 4.90 Å². The largest absolute Gasteiger partial charge is 0.324 e. The number of nitrogens with one attached hydrogen (secondary N) is 1. The number of nitriles is 1. The van der Waals surface area contributed by atoms with Crippen LogP contribution >= 0.6 is 11.6 Å². The van der Waals surface area contributed by atoms with E-state index >= 15 is 0 Å². The van der Waals surface area contributed by atoms with E-state index in [0.717, 1.165) is 0 Å². The Balaban J connectivity index is 2.65. The van der Waals surface area contributed by atoms with Crippen LogP contribution in [0.2, 0.25) is 5.02 Å². The maximum absolute atomic E-state index is 11.8. The number of hydrogen-bond donors (Lipinski definition) is 1. The van der Waals surface area contributed by atoms with Gasteiger partial charge in [-0.2, -0.15) is 5.26 Å². The van der Waals surface area contributed by atoms with Crippen molar-refractivity contribution < 1.29 is 4.79 Å². The molecule has 1 rings (SSSR count). The number of nitrogens with zero attached hydrogens (tertiary/aromatic N) is 2. The van der Waals surface area contributed by atoms with E-state index in [0.29, 0.717) is 30.2 Å². The van der Waals surface area contributed by atoms with Gasteiger partial charge in [-0.05, 0) is 19.1 Å². The number of benzene rings is 1. The van der Waals surface area contributed by atoms with Crippen LogP contribution in [0.25, 0.3) is 0 Å². The molecule has 1 aromatic carbocycles. The van der Waals surface area contributed by atoms with Gasteiger partial charge < -0.3 is 10.2 Å². The minimum atomic E-state index is -0.240. The quantitative estimate of drug-likeness (QED) is 0.894. The predicted octanol–water partition coefficient (Wildman–Crippen LogP) is 3.11. The van der Waals surface area contributed by atoms with Gasteiger partial charge in [0, 0.05) is 13.1 Å². The van der Waals surface area contributed by atoms with Gasteiger partial charge in [-0.1, -0.05) is 23.7 Å². The molecule has 0 radical (unpaired) electrons. The number of halogens is 1. The Morgan fingerprint density at radius 1 is 1.53 bits per heavy atom. The first kappa shape index (κ1) is 13.3. The fourth-order valence-corrected chi connectivity index (χ4v) is 1.53. The molecule has 1 aromatic rings. The van der Waals surface area contributed by atoms with Crippen molar-refractivity contribution in [1.29, 1.82) is 5.26 Å². The summed E-state index contributed by atoms with van der Waals surface area (Å²) < 4.78 is 0. The third-order valence-corrected chi connectivity index (χ3v) is 2.61.